The zero-order chi connectivity index (χ0) is 21.7. The minimum absolute atomic E-state index is 0.0796. The van der Waals surface area contributed by atoms with Crippen LogP contribution in [0, 0.1) is 0 Å². The number of ether oxygens (including phenoxy) is 4. The summed E-state index contributed by atoms with van der Waals surface area (Å²) in [5.41, 5.74) is 0.839. The van der Waals surface area contributed by atoms with Crippen molar-refractivity contribution in [3.05, 3.63) is 72.8 Å². The molecule has 0 saturated carbocycles. The fourth-order valence-electron chi connectivity index (χ4n) is 2.72. The van der Waals surface area contributed by atoms with Gasteiger partial charge in [-0.2, -0.15) is 0 Å². The quantitative estimate of drug-likeness (QED) is 0.182. The van der Waals surface area contributed by atoms with Crippen molar-refractivity contribution in [2.24, 2.45) is 0 Å². The molecule has 0 aliphatic carbocycles. The van der Waals surface area contributed by atoms with Gasteiger partial charge in [0, 0.05) is 5.57 Å². The number of fused-ring (bicyclic) bond motifs is 2. The average Bonchev–Trinajstić information content (AvgIpc) is 2.71. The van der Waals surface area contributed by atoms with Crippen molar-refractivity contribution in [3.8, 4) is 11.5 Å². The van der Waals surface area contributed by atoms with Gasteiger partial charge in [0.2, 0.25) is 6.79 Å². The Kier molecular flexibility index (Phi) is 6.72. The molecule has 3 rings (SSSR count). The summed E-state index contributed by atoms with van der Waals surface area (Å²) in [4.78, 5) is 11.4. The SMILES string of the molecule is C=C(C)C(=O)OCOc1ccc2cc3cc(OCOC(O)C(=C)C)ccc3cc2c1. The first-order valence-corrected chi connectivity index (χ1v) is 9.34. The number of benzene rings is 3. The van der Waals surface area contributed by atoms with Gasteiger partial charge in [-0.25, -0.2) is 4.79 Å². The molecule has 0 aromatic heterocycles. The molecular formula is C24H24O6. The van der Waals surface area contributed by atoms with E-state index in [0.717, 1.165) is 21.5 Å². The van der Waals surface area contributed by atoms with Crippen LogP contribution in [-0.4, -0.2) is 31.0 Å². The molecule has 3 aromatic rings. The van der Waals surface area contributed by atoms with Gasteiger partial charge in [0.05, 0.1) is 0 Å². The molecule has 0 aliphatic heterocycles. The third-order valence-corrected chi connectivity index (χ3v) is 4.38. The largest absolute Gasteiger partial charge is 0.467 e. The van der Waals surface area contributed by atoms with E-state index in [0.29, 0.717) is 22.6 Å². The van der Waals surface area contributed by atoms with Crippen LogP contribution in [0.4, 0.5) is 0 Å². The van der Waals surface area contributed by atoms with Crippen LogP contribution in [0.5, 0.6) is 11.5 Å². The van der Waals surface area contributed by atoms with Crippen molar-refractivity contribution >= 4 is 27.5 Å². The Morgan fingerprint density at radius 3 is 1.90 bits per heavy atom. The third kappa shape index (κ3) is 5.37. The number of aliphatic hydroxyl groups is 1. The van der Waals surface area contributed by atoms with E-state index in [4.69, 9.17) is 18.9 Å². The molecule has 1 N–H and O–H groups in total. The highest BCUT2D eigenvalue weighted by molar-refractivity contribution is 5.99. The van der Waals surface area contributed by atoms with Crippen LogP contribution in [0.25, 0.3) is 21.5 Å². The Morgan fingerprint density at radius 1 is 0.867 bits per heavy atom. The van der Waals surface area contributed by atoms with E-state index in [2.05, 4.69) is 13.2 Å². The Labute approximate surface area is 174 Å². The molecule has 6 heteroatoms. The number of rotatable bonds is 9. The molecule has 1 atom stereocenters. The topological polar surface area (TPSA) is 74.2 Å². The monoisotopic (exact) mass is 408 g/mol. The van der Waals surface area contributed by atoms with Crippen LogP contribution in [0.15, 0.2) is 72.8 Å². The Balaban J connectivity index is 1.70. The van der Waals surface area contributed by atoms with Gasteiger partial charge >= 0.3 is 5.97 Å². The van der Waals surface area contributed by atoms with Gasteiger partial charge in [-0.3, -0.25) is 0 Å². The summed E-state index contributed by atoms with van der Waals surface area (Å²) in [6, 6.07) is 15.4. The first kappa shape index (κ1) is 21.4. The molecule has 0 saturated heterocycles. The Bertz CT molecular complexity index is 1100. The number of hydrogen-bond donors (Lipinski definition) is 1. The first-order chi connectivity index (χ1) is 14.3. The molecular weight excluding hydrogens is 384 g/mol. The molecule has 0 heterocycles. The second-order valence-electron chi connectivity index (χ2n) is 6.97. The lowest BCUT2D eigenvalue weighted by Crippen LogP contribution is -2.16. The molecule has 0 aliphatic rings. The lowest BCUT2D eigenvalue weighted by atomic mass is 10.0. The molecule has 0 bridgehead atoms. The average molecular weight is 408 g/mol. The highest BCUT2D eigenvalue weighted by Crippen LogP contribution is 2.28. The van der Waals surface area contributed by atoms with Crippen molar-refractivity contribution in [2.75, 3.05) is 13.6 Å². The van der Waals surface area contributed by atoms with Crippen molar-refractivity contribution in [2.45, 2.75) is 20.1 Å². The second kappa shape index (κ2) is 9.43. The summed E-state index contributed by atoms with van der Waals surface area (Å²) in [7, 11) is 0. The van der Waals surface area contributed by atoms with Crippen molar-refractivity contribution < 1.29 is 28.8 Å². The molecule has 30 heavy (non-hydrogen) atoms. The van der Waals surface area contributed by atoms with E-state index in [-0.39, 0.29) is 13.6 Å². The molecule has 3 aromatic carbocycles. The smallest absolute Gasteiger partial charge is 0.335 e. The second-order valence-corrected chi connectivity index (χ2v) is 6.97. The Morgan fingerprint density at radius 2 is 1.40 bits per heavy atom. The summed E-state index contributed by atoms with van der Waals surface area (Å²) in [5.74, 6) is 0.749. The van der Waals surface area contributed by atoms with Crippen LogP contribution in [0.2, 0.25) is 0 Å². The highest BCUT2D eigenvalue weighted by atomic mass is 16.7. The minimum Gasteiger partial charge on any atom is -0.467 e. The van der Waals surface area contributed by atoms with Gasteiger partial charge in [0.1, 0.15) is 11.5 Å². The minimum atomic E-state index is -1.05. The molecule has 0 amide bonds. The summed E-state index contributed by atoms with van der Waals surface area (Å²) >= 11 is 0. The van der Waals surface area contributed by atoms with Crippen molar-refractivity contribution in [1.82, 2.24) is 0 Å². The maximum Gasteiger partial charge on any atom is 0.335 e. The number of aliphatic hydroxyl groups excluding tert-OH is 1. The van der Waals surface area contributed by atoms with Gasteiger partial charge in [0.15, 0.2) is 13.1 Å². The van der Waals surface area contributed by atoms with Crippen LogP contribution in [0.1, 0.15) is 13.8 Å². The number of carbonyl (C=O) groups excluding carboxylic acids is 1. The van der Waals surface area contributed by atoms with E-state index in [1.165, 1.54) is 0 Å². The lowest BCUT2D eigenvalue weighted by molar-refractivity contribution is -0.145. The molecule has 156 valence electrons. The fourth-order valence-corrected chi connectivity index (χ4v) is 2.72. The lowest BCUT2D eigenvalue weighted by Gasteiger charge is -2.13. The first-order valence-electron chi connectivity index (χ1n) is 9.34. The van der Waals surface area contributed by atoms with Crippen LogP contribution in [0.3, 0.4) is 0 Å². The van der Waals surface area contributed by atoms with E-state index >= 15 is 0 Å². The Hall–Kier alpha value is -3.35. The van der Waals surface area contributed by atoms with Crippen LogP contribution >= 0.6 is 0 Å². The van der Waals surface area contributed by atoms with Gasteiger partial charge in [-0.05, 0) is 77.4 Å². The summed E-state index contributed by atoms with van der Waals surface area (Å²) in [6.45, 7) is 10.2. The zero-order valence-electron chi connectivity index (χ0n) is 17.0. The standard InChI is InChI=1S/C24H24O6/c1-15(2)23(25)29-13-27-21-7-5-17-10-20-12-22(28-14-30-24(26)16(3)4)8-6-18(20)9-19(17)11-21/h5-12,23,25H,1,3,13-14H2,2,4H3. The third-order valence-electron chi connectivity index (χ3n) is 4.38. The van der Waals surface area contributed by atoms with Crippen LogP contribution in [-0.2, 0) is 14.3 Å². The van der Waals surface area contributed by atoms with E-state index in [9.17, 15) is 9.90 Å². The van der Waals surface area contributed by atoms with Gasteiger partial charge in [-0.15, -0.1) is 0 Å². The highest BCUT2D eigenvalue weighted by Gasteiger charge is 2.07. The zero-order valence-corrected chi connectivity index (χ0v) is 17.0. The van der Waals surface area contributed by atoms with E-state index in [1.54, 1.807) is 13.8 Å². The number of esters is 1. The number of hydrogen-bond acceptors (Lipinski definition) is 6. The normalized spacial score (nSPS) is 11.8. The van der Waals surface area contributed by atoms with Gasteiger partial charge in [0.25, 0.3) is 0 Å². The molecule has 1 unspecified atom stereocenters. The maximum atomic E-state index is 11.4. The summed E-state index contributed by atoms with van der Waals surface area (Å²) in [5, 5.41) is 13.6. The van der Waals surface area contributed by atoms with Gasteiger partial charge < -0.3 is 24.1 Å². The van der Waals surface area contributed by atoms with E-state index < -0.39 is 12.3 Å². The maximum absolute atomic E-state index is 11.4. The fraction of sp³-hybridized carbons (Fsp3) is 0.208. The van der Waals surface area contributed by atoms with Crippen molar-refractivity contribution in [1.29, 1.82) is 0 Å². The van der Waals surface area contributed by atoms with E-state index in [1.807, 2.05) is 48.5 Å². The molecule has 6 nitrogen and oxygen atoms in total. The predicted molar refractivity (Wildman–Crippen MR) is 115 cm³/mol. The predicted octanol–water partition coefficient (Wildman–Crippen LogP) is 4.70. The molecule has 0 fully saturated rings. The van der Waals surface area contributed by atoms with Crippen LogP contribution < -0.4 is 9.47 Å². The van der Waals surface area contributed by atoms with Crippen molar-refractivity contribution in [3.63, 3.8) is 0 Å². The van der Waals surface area contributed by atoms with Gasteiger partial charge in [-0.1, -0.05) is 25.3 Å². The summed E-state index contributed by atoms with van der Waals surface area (Å²) in [6.07, 6.45) is -1.05. The number of carbonyl (C=O) groups is 1. The summed E-state index contributed by atoms with van der Waals surface area (Å²) < 4.78 is 21.2. The molecule has 0 radical (unpaired) electrons. The molecule has 0 spiro atoms.